The number of anilines is 1. The molecule has 2 rings (SSSR count). The Kier molecular flexibility index (Phi) is 4.18. The van der Waals surface area contributed by atoms with Gasteiger partial charge in [0.1, 0.15) is 5.82 Å². The van der Waals surface area contributed by atoms with Crippen molar-refractivity contribution < 1.29 is 9.13 Å². The predicted molar refractivity (Wildman–Crippen MR) is 70.8 cm³/mol. The number of rotatable bonds is 4. The molecule has 0 aliphatic heterocycles. The van der Waals surface area contributed by atoms with Crippen LogP contribution in [0.25, 0.3) is 0 Å². The molecule has 0 aliphatic rings. The Morgan fingerprint density at radius 2 is 1.78 bits per heavy atom. The van der Waals surface area contributed by atoms with Crippen molar-refractivity contribution >= 4 is 17.3 Å². The molecule has 2 aromatic rings. The summed E-state index contributed by atoms with van der Waals surface area (Å²) >= 11 is 6.01. The molecule has 0 atom stereocenters. The Hall–Kier alpha value is -1.58. The van der Waals surface area contributed by atoms with Crippen molar-refractivity contribution in [1.29, 1.82) is 0 Å². The maximum Gasteiger partial charge on any atom is 0.128 e. The molecule has 0 unspecified atom stereocenters. The van der Waals surface area contributed by atoms with Crippen molar-refractivity contribution in [3.8, 4) is 0 Å². The van der Waals surface area contributed by atoms with E-state index in [1.807, 2.05) is 0 Å². The second-order valence-corrected chi connectivity index (χ2v) is 4.34. The number of hydrogen-bond acceptors (Lipinski definition) is 2. The van der Waals surface area contributed by atoms with Gasteiger partial charge in [-0.05, 0) is 23.8 Å². The predicted octanol–water partition coefficient (Wildman–Crippen LogP) is 3.78. The highest BCUT2D eigenvalue weighted by Gasteiger charge is 2.03. The molecule has 0 fully saturated rings. The van der Waals surface area contributed by atoms with Crippen LogP contribution in [0.5, 0.6) is 0 Å². The molecule has 2 nitrogen and oxygen atoms in total. The van der Waals surface area contributed by atoms with E-state index < -0.39 is 0 Å². The molecule has 0 aromatic heterocycles. The number of nitrogen functional groups attached to an aromatic ring is 1. The van der Waals surface area contributed by atoms with Crippen LogP contribution in [0.15, 0.2) is 42.5 Å². The third-order valence-corrected chi connectivity index (χ3v) is 2.90. The van der Waals surface area contributed by atoms with Gasteiger partial charge in [0.2, 0.25) is 0 Å². The molecular weight excluding hydrogens is 253 g/mol. The summed E-state index contributed by atoms with van der Waals surface area (Å²) in [5, 5.41) is 0.559. The fourth-order valence-electron chi connectivity index (χ4n) is 1.57. The Balaban J connectivity index is 1.95. The number of benzene rings is 2. The maximum atomic E-state index is 13.3. The Bertz CT molecular complexity index is 545. The van der Waals surface area contributed by atoms with Crippen LogP contribution in [0.4, 0.5) is 10.1 Å². The van der Waals surface area contributed by atoms with E-state index in [1.165, 1.54) is 6.07 Å². The zero-order valence-corrected chi connectivity index (χ0v) is 10.5. The number of hydrogen-bond donors (Lipinski definition) is 1. The van der Waals surface area contributed by atoms with Gasteiger partial charge < -0.3 is 10.5 Å². The minimum absolute atomic E-state index is 0.216. The van der Waals surface area contributed by atoms with Crippen molar-refractivity contribution in [3.05, 3.63) is 64.4 Å². The highest BCUT2D eigenvalue weighted by molar-refractivity contribution is 6.31. The highest BCUT2D eigenvalue weighted by Crippen LogP contribution is 2.20. The lowest BCUT2D eigenvalue weighted by molar-refractivity contribution is 0.105. The van der Waals surface area contributed by atoms with Gasteiger partial charge in [0, 0.05) is 16.3 Å². The monoisotopic (exact) mass is 265 g/mol. The largest absolute Gasteiger partial charge is 0.399 e. The lowest BCUT2D eigenvalue weighted by Crippen LogP contribution is -1.97. The molecular formula is C14H13ClFNO. The van der Waals surface area contributed by atoms with Crippen molar-refractivity contribution in [1.82, 2.24) is 0 Å². The van der Waals surface area contributed by atoms with Crippen molar-refractivity contribution in [3.63, 3.8) is 0 Å². The van der Waals surface area contributed by atoms with E-state index in [2.05, 4.69) is 0 Å². The Morgan fingerprint density at radius 3 is 2.50 bits per heavy atom. The molecule has 4 heteroatoms. The average molecular weight is 266 g/mol. The van der Waals surface area contributed by atoms with Gasteiger partial charge in [0.15, 0.2) is 0 Å². The first kappa shape index (κ1) is 12.9. The van der Waals surface area contributed by atoms with E-state index in [0.29, 0.717) is 22.9 Å². The molecule has 18 heavy (non-hydrogen) atoms. The molecule has 94 valence electrons. The first-order chi connectivity index (χ1) is 8.66. The normalized spacial score (nSPS) is 10.6. The van der Waals surface area contributed by atoms with E-state index in [1.54, 1.807) is 36.4 Å². The van der Waals surface area contributed by atoms with Crippen LogP contribution in [0.1, 0.15) is 11.1 Å². The van der Waals surface area contributed by atoms with Gasteiger partial charge in [0.05, 0.1) is 13.2 Å². The van der Waals surface area contributed by atoms with Gasteiger partial charge >= 0.3 is 0 Å². The lowest BCUT2D eigenvalue weighted by atomic mass is 10.2. The summed E-state index contributed by atoms with van der Waals surface area (Å²) in [5.74, 6) is -0.263. The molecule has 0 spiro atoms. The van der Waals surface area contributed by atoms with Crippen LogP contribution >= 0.6 is 11.6 Å². The summed E-state index contributed by atoms with van der Waals surface area (Å²) in [6, 6.07) is 11.8. The van der Waals surface area contributed by atoms with E-state index in [4.69, 9.17) is 22.1 Å². The van der Waals surface area contributed by atoms with E-state index >= 15 is 0 Å². The number of halogens is 2. The Labute approximate surface area is 110 Å². The number of ether oxygens (including phenoxy) is 1. The van der Waals surface area contributed by atoms with Gasteiger partial charge in [-0.3, -0.25) is 0 Å². The minimum Gasteiger partial charge on any atom is -0.399 e. The second kappa shape index (κ2) is 5.85. The maximum absolute atomic E-state index is 13.3. The quantitative estimate of drug-likeness (QED) is 0.854. The van der Waals surface area contributed by atoms with Gasteiger partial charge in [-0.1, -0.05) is 35.9 Å². The fraction of sp³-hybridized carbons (Fsp3) is 0.143. The third kappa shape index (κ3) is 3.22. The topological polar surface area (TPSA) is 35.2 Å². The van der Waals surface area contributed by atoms with Crippen molar-refractivity contribution in [2.24, 2.45) is 0 Å². The minimum atomic E-state index is -0.263. The van der Waals surface area contributed by atoms with Crippen LogP contribution in [-0.2, 0) is 18.0 Å². The van der Waals surface area contributed by atoms with E-state index in [9.17, 15) is 4.39 Å². The third-order valence-electron chi connectivity index (χ3n) is 2.55. The van der Waals surface area contributed by atoms with E-state index in [0.717, 1.165) is 5.56 Å². The lowest BCUT2D eigenvalue weighted by Gasteiger charge is -2.07. The van der Waals surface area contributed by atoms with Crippen molar-refractivity contribution in [2.75, 3.05) is 5.73 Å². The summed E-state index contributed by atoms with van der Waals surface area (Å²) in [6.07, 6.45) is 0. The number of nitrogens with two attached hydrogens (primary N) is 1. The van der Waals surface area contributed by atoms with Crippen molar-refractivity contribution in [2.45, 2.75) is 13.2 Å². The molecule has 0 saturated carbocycles. The standard InChI is InChI=1S/C14H13ClFNO/c15-13-7-12(17)6-5-10(13)8-18-9-11-3-1-2-4-14(11)16/h1-7H,8-9,17H2. The molecule has 2 aromatic carbocycles. The van der Waals surface area contributed by atoms with Crippen LogP contribution < -0.4 is 5.73 Å². The Morgan fingerprint density at radius 1 is 1.06 bits per heavy atom. The molecule has 0 bridgehead atoms. The van der Waals surface area contributed by atoms with Gasteiger partial charge in [-0.25, -0.2) is 4.39 Å². The summed E-state index contributed by atoms with van der Waals surface area (Å²) in [7, 11) is 0. The van der Waals surface area contributed by atoms with E-state index in [-0.39, 0.29) is 12.4 Å². The first-order valence-electron chi connectivity index (χ1n) is 5.52. The zero-order chi connectivity index (χ0) is 13.0. The zero-order valence-electron chi connectivity index (χ0n) is 9.70. The smallest absolute Gasteiger partial charge is 0.128 e. The van der Waals surface area contributed by atoms with Gasteiger partial charge in [0.25, 0.3) is 0 Å². The summed E-state index contributed by atoms with van der Waals surface area (Å²) < 4.78 is 18.8. The van der Waals surface area contributed by atoms with Crippen LogP contribution in [0.3, 0.4) is 0 Å². The summed E-state index contributed by atoms with van der Waals surface area (Å²) in [6.45, 7) is 0.542. The van der Waals surface area contributed by atoms with Crippen LogP contribution in [-0.4, -0.2) is 0 Å². The van der Waals surface area contributed by atoms with Crippen LogP contribution in [0, 0.1) is 5.82 Å². The average Bonchev–Trinajstić information content (AvgIpc) is 2.34. The summed E-state index contributed by atoms with van der Waals surface area (Å²) in [5.41, 5.74) is 7.57. The second-order valence-electron chi connectivity index (χ2n) is 3.94. The molecule has 0 heterocycles. The molecule has 0 amide bonds. The molecule has 0 saturated heterocycles. The molecule has 0 aliphatic carbocycles. The van der Waals surface area contributed by atoms with Gasteiger partial charge in [-0.2, -0.15) is 0 Å². The fourth-order valence-corrected chi connectivity index (χ4v) is 1.81. The SMILES string of the molecule is Nc1ccc(COCc2ccccc2F)c(Cl)c1. The molecule has 0 radical (unpaired) electrons. The highest BCUT2D eigenvalue weighted by atomic mass is 35.5. The van der Waals surface area contributed by atoms with Gasteiger partial charge in [-0.15, -0.1) is 0 Å². The summed E-state index contributed by atoms with van der Waals surface area (Å²) in [4.78, 5) is 0. The van der Waals surface area contributed by atoms with Crippen LogP contribution in [0.2, 0.25) is 5.02 Å². The molecule has 2 N–H and O–H groups in total. The first-order valence-corrected chi connectivity index (χ1v) is 5.89.